The molecule has 0 N–H and O–H groups in total. The lowest BCUT2D eigenvalue weighted by atomic mass is 10.1. The molecule has 0 saturated carbocycles. The number of hydrogen-bond acceptors (Lipinski definition) is 3. The van der Waals surface area contributed by atoms with Gasteiger partial charge in [-0.15, -0.1) is 0 Å². The lowest BCUT2D eigenvalue weighted by molar-refractivity contribution is 0.571. The number of aromatic nitrogens is 2. The number of benzene rings is 1. The number of para-hydroxylation sites is 1. The molecule has 0 bridgehead atoms. The molecule has 0 aliphatic carbocycles. The molecular formula is C12H12N2OS. The monoisotopic (exact) mass is 232 g/mol. The third-order valence-electron chi connectivity index (χ3n) is 2.91. The van der Waals surface area contributed by atoms with Gasteiger partial charge in [0.15, 0.2) is 5.16 Å². The fourth-order valence-electron chi connectivity index (χ4n) is 2.06. The van der Waals surface area contributed by atoms with Gasteiger partial charge < -0.3 is 0 Å². The van der Waals surface area contributed by atoms with E-state index in [0.29, 0.717) is 0 Å². The number of fused-ring (bicyclic) bond motifs is 2. The molecule has 1 aromatic carbocycles. The summed E-state index contributed by atoms with van der Waals surface area (Å²) in [5.41, 5.74) is 2.04. The molecule has 0 radical (unpaired) electrons. The van der Waals surface area contributed by atoms with Crippen LogP contribution in [0.15, 0.2) is 28.2 Å². The summed E-state index contributed by atoms with van der Waals surface area (Å²) in [4.78, 5) is 16.8. The molecule has 1 aromatic heterocycles. The van der Waals surface area contributed by atoms with Gasteiger partial charge in [0.25, 0.3) is 5.56 Å². The van der Waals surface area contributed by atoms with Crippen LogP contribution in [-0.2, 0) is 6.54 Å². The molecule has 0 spiro atoms. The zero-order valence-corrected chi connectivity index (χ0v) is 9.88. The molecule has 0 saturated heterocycles. The average Bonchev–Trinajstić information content (AvgIpc) is 2.31. The van der Waals surface area contributed by atoms with Crippen LogP contribution in [0.25, 0.3) is 10.9 Å². The predicted octanol–water partition coefficient (Wildman–Crippen LogP) is 2.20. The van der Waals surface area contributed by atoms with Crippen LogP contribution in [0.4, 0.5) is 0 Å². The van der Waals surface area contributed by atoms with Gasteiger partial charge >= 0.3 is 0 Å². The summed E-state index contributed by atoms with van der Waals surface area (Å²) in [7, 11) is 0. The highest BCUT2D eigenvalue weighted by molar-refractivity contribution is 7.99. The van der Waals surface area contributed by atoms with Crippen LogP contribution in [0, 0.1) is 6.92 Å². The van der Waals surface area contributed by atoms with Crippen molar-refractivity contribution in [1.29, 1.82) is 0 Å². The molecule has 82 valence electrons. The van der Waals surface area contributed by atoms with Crippen molar-refractivity contribution in [2.45, 2.75) is 25.0 Å². The molecule has 1 aliphatic heterocycles. The van der Waals surface area contributed by atoms with Crippen molar-refractivity contribution in [2.24, 2.45) is 0 Å². The standard InChI is InChI=1S/C12H12N2OS/c1-8-4-2-5-9-10(8)13-12-14(11(9)15)6-3-7-16-12/h2,4-5H,3,6-7H2,1H3. The number of rotatable bonds is 0. The minimum atomic E-state index is 0.107. The van der Waals surface area contributed by atoms with E-state index in [9.17, 15) is 4.79 Å². The Bertz CT molecular complexity index is 618. The van der Waals surface area contributed by atoms with Crippen molar-refractivity contribution in [3.63, 3.8) is 0 Å². The van der Waals surface area contributed by atoms with Gasteiger partial charge in [-0.1, -0.05) is 23.9 Å². The van der Waals surface area contributed by atoms with E-state index >= 15 is 0 Å². The van der Waals surface area contributed by atoms with E-state index in [4.69, 9.17) is 0 Å². The van der Waals surface area contributed by atoms with E-state index in [0.717, 1.165) is 40.3 Å². The fraction of sp³-hybridized carbons (Fsp3) is 0.333. The molecule has 0 amide bonds. The first kappa shape index (κ1) is 9.90. The first-order chi connectivity index (χ1) is 7.77. The fourth-order valence-corrected chi connectivity index (χ4v) is 3.00. The predicted molar refractivity (Wildman–Crippen MR) is 66.1 cm³/mol. The lowest BCUT2D eigenvalue weighted by Crippen LogP contribution is -2.26. The first-order valence-corrected chi connectivity index (χ1v) is 6.39. The molecule has 0 unspecified atom stereocenters. The Morgan fingerprint density at radius 3 is 3.19 bits per heavy atom. The van der Waals surface area contributed by atoms with Gasteiger partial charge in [-0.25, -0.2) is 4.98 Å². The Morgan fingerprint density at radius 1 is 1.44 bits per heavy atom. The Labute approximate surface area is 97.5 Å². The molecule has 16 heavy (non-hydrogen) atoms. The highest BCUT2D eigenvalue weighted by Crippen LogP contribution is 2.23. The van der Waals surface area contributed by atoms with E-state index < -0.39 is 0 Å². The van der Waals surface area contributed by atoms with Gasteiger partial charge in [0.1, 0.15) is 0 Å². The third kappa shape index (κ3) is 1.37. The summed E-state index contributed by atoms with van der Waals surface area (Å²) >= 11 is 1.68. The summed E-state index contributed by atoms with van der Waals surface area (Å²) in [6, 6.07) is 5.78. The molecule has 2 aromatic rings. The van der Waals surface area contributed by atoms with E-state index in [-0.39, 0.29) is 5.56 Å². The van der Waals surface area contributed by atoms with Crippen molar-refractivity contribution in [3.05, 3.63) is 34.1 Å². The number of hydrogen-bond donors (Lipinski definition) is 0. The van der Waals surface area contributed by atoms with Crippen molar-refractivity contribution in [3.8, 4) is 0 Å². The smallest absolute Gasteiger partial charge is 0.262 e. The maximum absolute atomic E-state index is 12.2. The molecule has 0 atom stereocenters. The van der Waals surface area contributed by atoms with Crippen molar-refractivity contribution in [2.75, 3.05) is 5.75 Å². The second kappa shape index (κ2) is 3.63. The average molecular weight is 232 g/mol. The van der Waals surface area contributed by atoms with Crippen LogP contribution in [0.2, 0.25) is 0 Å². The van der Waals surface area contributed by atoms with Crippen molar-refractivity contribution < 1.29 is 0 Å². The molecule has 1 aliphatic rings. The van der Waals surface area contributed by atoms with E-state index in [2.05, 4.69) is 4.98 Å². The van der Waals surface area contributed by atoms with Gasteiger partial charge in [-0.2, -0.15) is 0 Å². The number of aryl methyl sites for hydroxylation is 1. The molecule has 3 rings (SSSR count). The lowest BCUT2D eigenvalue weighted by Gasteiger charge is -2.17. The third-order valence-corrected chi connectivity index (χ3v) is 3.97. The molecular weight excluding hydrogens is 220 g/mol. The second-order valence-electron chi connectivity index (χ2n) is 4.02. The summed E-state index contributed by atoms with van der Waals surface area (Å²) in [5.74, 6) is 1.06. The second-order valence-corrected chi connectivity index (χ2v) is 5.09. The molecule has 3 nitrogen and oxygen atoms in total. The minimum absolute atomic E-state index is 0.107. The van der Waals surface area contributed by atoms with Gasteiger partial charge in [-0.3, -0.25) is 9.36 Å². The molecule has 2 heterocycles. The van der Waals surface area contributed by atoms with Crippen LogP contribution < -0.4 is 5.56 Å². The van der Waals surface area contributed by atoms with Crippen LogP contribution in [-0.4, -0.2) is 15.3 Å². The summed E-state index contributed by atoms with van der Waals surface area (Å²) < 4.78 is 1.80. The summed E-state index contributed by atoms with van der Waals surface area (Å²) in [5, 5.41) is 1.62. The van der Waals surface area contributed by atoms with E-state index in [1.54, 1.807) is 16.3 Å². The maximum Gasteiger partial charge on any atom is 0.262 e. The van der Waals surface area contributed by atoms with Gasteiger partial charge in [-0.05, 0) is 25.0 Å². The Morgan fingerprint density at radius 2 is 2.31 bits per heavy atom. The zero-order valence-electron chi connectivity index (χ0n) is 9.06. The topological polar surface area (TPSA) is 34.9 Å². The number of nitrogens with zero attached hydrogens (tertiary/aromatic N) is 2. The Hall–Kier alpha value is -1.29. The van der Waals surface area contributed by atoms with Gasteiger partial charge in [0.2, 0.25) is 0 Å². The quantitative estimate of drug-likeness (QED) is 0.653. The van der Waals surface area contributed by atoms with Crippen molar-refractivity contribution in [1.82, 2.24) is 9.55 Å². The molecule has 0 fully saturated rings. The minimum Gasteiger partial charge on any atom is -0.287 e. The van der Waals surface area contributed by atoms with E-state index in [1.807, 2.05) is 25.1 Å². The van der Waals surface area contributed by atoms with Gasteiger partial charge in [0.05, 0.1) is 10.9 Å². The maximum atomic E-state index is 12.2. The van der Waals surface area contributed by atoms with Crippen LogP contribution >= 0.6 is 11.8 Å². The first-order valence-electron chi connectivity index (χ1n) is 5.40. The van der Waals surface area contributed by atoms with Gasteiger partial charge in [0, 0.05) is 12.3 Å². The largest absolute Gasteiger partial charge is 0.287 e. The van der Waals surface area contributed by atoms with Crippen LogP contribution in [0.1, 0.15) is 12.0 Å². The zero-order chi connectivity index (χ0) is 11.1. The normalized spacial score (nSPS) is 15.1. The van der Waals surface area contributed by atoms with Crippen LogP contribution in [0.5, 0.6) is 0 Å². The van der Waals surface area contributed by atoms with Crippen molar-refractivity contribution >= 4 is 22.7 Å². The summed E-state index contributed by atoms with van der Waals surface area (Å²) in [6.07, 6.45) is 1.05. The summed E-state index contributed by atoms with van der Waals surface area (Å²) in [6.45, 7) is 2.80. The SMILES string of the molecule is Cc1cccc2c(=O)n3c(nc12)SCCC3. The highest BCUT2D eigenvalue weighted by Gasteiger charge is 2.15. The van der Waals surface area contributed by atoms with E-state index in [1.165, 1.54) is 0 Å². The Kier molecular flexibility index (Phi) is 2.24. The molecule has 4 heteroatoms. The van der Waals surface area contributed by atoms with Crippen LogP contribution in [0.3, 0.4) is 0 Å². The number of thioether (sulfide) groups is 1. The Balaban J connectivity index is 2.44. The highest BCUT2D eigenvalue weighted by atomic mass is 32.2.